The van der Waals surface area contributed by atoms with E-state index in [2.05, 4.69) is 6.07 Å². The zero-order chi connectivity index (χ0) is 20.9. The van der Waals surface area contributed by atoms with Gasteiger partial charge in [-0.15, -0.1) is 0 Å². The van der Waals surface area contributed by atoms with Crippen LogP contribution in [0.15, 0.2) is 66.7 Å². The summed E-state index contributed by atoms with van der Waals surface area (Å²) in [6.07, 6.45) is 0. The van der Waals surface area contributed by atoms with E-state index < -0.39 is 5.97 Å². The Balaban J connectivity index is 1.57. The van der Waals surface area contributed by atoms with Gasteiger partial charge in [0.25, 0.3) is 0 Å². The highest BCUT2D eigenvalue weighted by molar-refractivity contribution is 6.14. The molecule has 6 heteroatoms. The topological polar surface area (TPSA) is 85.6 Å². The Morgan fingerprint density at radius 3 is 2.40 bits per heavy atom. The van der Waals surface area contributed by atoms with Crippen molar-refractivity contribution in [3.05, 3.63) is 94.5 Å². The van der Waals surface area contributed by atoms with E-state index in [1.165, 1.54) is 0 Å². The molecule has 0 fully saturated rings. The molecule has 0 spiro atoms. The van der Waals surface area contributed by atoms with Crippen molar-refractivity contribution in [2.24, 2.45) is 0 Å². The summed E-state index contributed by atoms with van der Waals surface area (Å²) in [6.45, 7) is 0.816. The average molecular weight is 399 g/mol. The molecule has 0 bridgehead atoms. The molecule has 3 aromatic carbocycles. The predicted octanol–water partition coefficient (Wildman–Crippen LogP) is 3.92. The Labute approximate surface area is 173 Å². The maximum absolute atomic E-state index is 13.1. The van der Waals surface area contributed by atoms with Gasteiger partial charge in [-0.05, 0) is 30.3 Å². The van der Waals surface area contributed by atoms with Crippen LogP contribution in [-0.2, 0) is 11.3 Å². The van der Waals surface area contributed by atoms with Gasteiger partial charge in [0.05, 0.1) is 17.2 Å². The van der Waals surface area contributed by atoms with Crippen molar-refractivity contribution >= 4 is 11.8 Å². The van der Waals surface area contributed by atoms with Crippen LogP contribution in [0.4, 0.5) is 0 Å². The Bertz CT molecular complexity index is 1160. The summed E-state index contributed by atoms with van der Waals surface area (Å²) in [4.78, 5) is 25.8. The molecule has 0 atom stereocenters. The number of ether oxygens (including phenoxy) is 3. The molecule has 0 saturated carbocycles. The van der Waals surface area contributed by atoms with Gasteiger partial charge < -0.3 is 14.2 Å². The van der Waals surface area contributed by atoms with Crippen LogP contribution in [0.1, 0.15) is 37.4 Å². The van der Waals surface area contributed by atoms with Crippen LogP contribution in [-0.4, -0.2) is 25.0 Å². The van der Waals surface area contributed by atoms with Gasteiger partial charge in [-0.2, -0.15) is 5.26 Å². The molecule has 0 aromatic heterocycles. The van der Waals surface area contributed by atoms with Gasteiger partial charge in [0.15, 0.2) is 17.3 Å². The Kier molecular flexibility index (Phi) is 5.44. The van der Waals surface area contributed by atoms with Crippen molar-refractivity contribution in [2.75, 3.05) is 13.2 Å². The monoisotopic (exact) mass is 399 g/mol. The van der Waals surface area contributed by atoms with E-state index in [1.54, 1.807) is 66.7 Å². The zero-order valence-electron chi connectivity index (χ0n) is 16.0. The van der Waals surface area contributed by atoms with E-state index in [0.29, 0.717) is 41.4 Å². The van der Waals surface area contributed by atoms with Gasteiger partial charge in [-0.25, -0.2) is 4.79 Å². The fourth-order valence-corrected chi connectivity index (χ4v) is 3.18. The molecule has 1 aliphatic rings. The molecular formula is C24H17NO5. The second-order valence-corrected chi connectivity index (χ2v) is 6.58. The molecule has 1 heterocycles. The van der Waals surface area contributed by atoms with E-state index in [1.807, 2.05) is 0 Å². The van der Waals surface area contributed by atoms with Crippen LogP contribution in [0.2, 0.25) is 0 Å². The van der Waals surface area contributed by atoms with Crippen LogP contribution in [0.5, 0.6) is 11.5 Å². The number of hydrogen-bond donors (Lipinski definition) is 0. The average Bonchev–Trinajstić information content (AvgIpc) is 2.82. The van der Waals surface area contributed by atoms with Crippen molar-refractivity contribution in [3.63, 3.8) is 0 Å². The number of carbonyl (C=O) groups excluding carboxylic acids is 2. The van der Waals surface area contributed by atoms with Gasteiger partial charge in [0.2, 0.25) is 0 Å². The minimum absolute atomic E-state index is 0.0604. The summed E-state index contributed by atoms with van der Waals surface area (Å²) in [5.41, 5.74) is 1.81. The van der Waals surface area contributed by atoms with E-state index >= 15 is 0 Å². The molecule has 0 N–H and O–H groups in total. The third-order valence-corrected chi connectivity index (χ3v) is 4.69. The molecule has 0 amide bonds. The maximum Gasteiger partial charge on any atom is 0.339 e. The largest absolute Gasteiger partial charge is 0.486 e. The number of rotatable bonds is 5. The SMILES string of the molecule is N#Cc1ccccc1COC(=O)c1ccccc1C(=O)c1ccc2c(c1)OCCO2. The highest BCUT2D eigenvalue weighted by Crippen LogP contribution is 2.31. The summed E-state index contributed by atoms with van der Waals surface area (Å²) in [5, 5.41) is 9.17. The van der Waals surface area contributed by atoms with E-state index in [4.69, 9.17) is 14.2 Å². The summed E-state index contributed by atoms with van der Waals surface area (Å²) in [5.74, 6) is 0.128. The second kappa shape index (κ2) is 8.50. The molecule has 0 saturated heterocycles. The summed E-state index contributed by atoms with van der Waals surface area (Å²) in [7, 11) is 0. The quantitative estimate of drug-likeness (QED) is 0.478. The number of carbonyl (C=O) groups is 2. The molecule has 0 unspecified atom stereocenters. The molecular weight excluding hydrogens is 382 g/mol. The standard InChI is InChI=1S/C24H17NO5/c25-14-17-5-1-2-6-18(17)15-30-24(27)20-8-4-3-7-19(20)23(26)16-9-10-21-22(13-16)29-12-11-28-21/h1-10,13H,11-12,15H2. The van der Waals surface area contributed by atoms with E-state index in [0.717, 1.165) is 0 Å². The smallest absolute Gasteiger partial charge is 0.339 e. The lowest BCUT2D eigenvalue weighted by atomic mass is 9.98. The number of hydrogen-bond acceptors (Lipinski definition) is 6. The van der Waals surface area contributed by atoms with Crippen molar-refractivity contribution in [1.29, 1.82) is 5.26 Å². The summed E-state index contributed by atoms with van der Waals surface area (Å²) in [6, 6.07) is 20.4. The Morgan fingerprint density at radius 2 is 1.60 bits per heavy atom. The first kappa shape index (κ1) is 19.2. The summed E-state index contributed by atoms with van der Waals surface area (Å²) >= 11 is 0. The first-order chi connectivity index (χ1) is 14.7. The minimum atomic E-state index is -0.635. The van der Waals surface area contributed by atoms with Gasteiger partial charge >= 0.3 is 5.97 Å². The van der Waals surface area contributed by atoms with Gasteiger partial charge in [-0.3, -0.25) is 4.79 Å². The number of nitrogens with zero attached hydrogens (tertiary/aromatic N) is 1. The highest BCUT2D eigenvalue weighted by atomic mass is 16.6. The lowest BCUT2D eigenvalue weighted by Crippen LogP contribution is -2.16. The lowest BCUT2D eigenvalue weighted by molar-refractivity contribution is 0.0470. The van der Waals surface area contributed by atoms with Crippen LogP contribution in [0, 0.1) is 11.3 Å². The molecule has 3 aromatic rings. The van der Waals surface area contributed by atoms with Crippen molar-refractivity contribution in [1.82, 2.24) is 0 Å². The number of fused-ring (bicyclic) bond motifs is 1. The summed E-state index contributed by atoms with van der Waals surface area (Å²) < 4.78 is 16.4. The fourth-order valence-electron chi connectivity index (χ4n) is 3.18. The maximum atomic E-state index is 13.1. The normalized spacial score (nSPS) is 12.0. The number of esters is 1. The predicted molar refractivity (Wildman–Crippen MR) is 108 cm³/mol. The van der Waals surface area contributed by atoms with Crippen molar-refractivity contribution in [3.8, 4) is 17.6 Å². The third-order valence-electron chi connectivity index (χ3n) is 4.69. The van der Waals surface area contributed by atoms with Crippen LogP contribution >= 0.6 is 0 Å². The molecule has 148 valence electrons. The Hall–Kier alpha value is -4.11. The zero-order valence-corrected chi connectivity index (χ0v) is 16.0. The number of benzene rings is 3. The first-order valence-electron chi connectivity index (χ1n) is 9.36. The van der Waals surface area contributed by atoms with E-state index in [9.17, 15) is 14.9 Å². The first-order valence-corrected chi connectivity index (χ1v) is 9.36. The third kappa shape index (κ3) is 3.87. The number of ketones is 1. The van der Waals surface area contributed by atoms with Crippen LogP contribution < -0.4 is 9.47 Å². The molecule has 1 aliphatic heterocycles. The Morgan fingerprint density at radius 1 is 0.900 bits per heavy atom. The highest BCUT2D eigenvalue weighted by Gasteiger charge is 2.21. The molecule has 0 aliphatic carbocycles. The lowest BCUT2D eigenvalue weighted by Gasteiger charge is -2.18. The van der Waals surface area contributed by atoms with Gasteiger partial charge in [-0.1, -0.05) is 36.4 Å². The van der Waals surface area contributed by atoms with Crippen LogP contribution in [0.25, 0.3) is 0 Å². The second-order valence-electron chi connectivity index (χ2n) is 6.58. The molecule has 30 heavy (non-hydrogen) atoms. The van der Waals surface area contributed by atoms with Crippen molar-refractivity contribution in [2.45, 2.75) is 6.61 Å². The van der Waals surface area contributed by atoms with E-state index in [-0.39, 0.29) is 23.5 Å². The molecule has 4 rings (SSSR count). The van der Waals surface area contributed by atoms with Gasteiger partial charge in [0.1, 0.15) is 19.8 Å². The van der Waals surface area contributed by atoms with Crippen molar-refractivity contribution < 1.29 is 23.8 Å². The number of nitriles is 1. The fraction of sp³-hybridized carbons (Fsp3) is 0.125. The molecule has 0 radical (unpaired) electrons. The molecule has 6 nitrogen and oxygen atoms in total. The minimum Gasteiger partial charge on any atom is -0.486 e. The van der Waals surface area contributed by atoms with Gasteiger partial charge in [0, 0.05) is 16.7 Å². The van der Waals surface area contributed by atoms with Crippen LogP contribution in [0.3, 0.4) is 0 Å².